The second-order valence-electron chi connectivity index (χ2n) is 4.37. The predicted molar refractivity (Wildman–Crippen MR) is 83.0 cm³/mol. The van der Waals surface area contributed by atoms with Gasteiger partial charge in [-0.05, 0) is 31.2 Å². The summed E-state index contributed by atoms with van der Waals surface area (Å²) in [7, 11) is 0. The van der Waals surface area contributed by atoms with Crippen LogP contribution < -0.4 is 4.74 Å². The fourth-order valence-electron chi connectivity index (χ4n) is 1.82. The molecule has 0 saturated heterocycles. The Balaban J connectivity index is 2.16. The van der Waals surface area contributed by atoms with Crippen molar-refractivity contribution in [1.82, 2.24) is 0 Å². The third-order valence-electron chi connectivity index (χ3n) is 2.86. The van der Waals surface area contributed by atoms with Gasteiger partial charge in [0, 0.05) is 10.6 Å². The van der Waals surface area contributed by atoms with Gasteiger partial charge in [0.1, 0.15) is 18.0 Å². The van der Waals surface area contributed by atoms with E-state index >= 15 is 0 Å². The van der Waals surface area contributed by atoms with Crippen LogP contribution >= 0.6 is 34.8 Å². The molecule has 20 heavy (non-hydrogen) atoms. The van der Waals surface area contributed by atoms with Gasteiger partial charge in [0.05, 0.1) is 10.0 Å². The van der Waals surface area contributed by atoms with Crippen molar-refractivity contribution in [2.45, 2.75) is 19.1 Å². The molecule has 0 aliphatic carbocycles. The maximum absolute atomic E-state index is 10.3. The number of hydrogen-bond acceptors (Lipinski definition) is 2. The number of rotatable bonds is 4. The zero-order valence-electron chi connectivity index (χ0n) is 10.7. The molecule has 106 valence electrons. The van der Waals surface area contributed by atoms with Gasteiger partial charge in [-0.3, -0.25) is 0 Å². The maximum Gasteiger partial charge on any atom is 0.126 e. The van der Waals surface area contributed by atoms with Gasteiger partial charge >= 0.3 is 0 Å². The molecule has 1 N–H and O–H groups in total. The molecule has 0 saturated carbocycles. The summed E-state index contributed by atoms with van der Waals surface area (Å²) in [6, 6.07) is 12.1. The highest BCUT2D eigenvalue weighted by atomic mass is 35.5. The molecule has 0 radical (unpaired) electrons. The van der Waals surface area contributed by atoms with Crippen LogP contribution in [0.3, 0.4) is 0 Å². The molecule has 2 aromatic carbocycles. The standard InChI is InChI=1S/C15H13Cl3O2/c1-9(20-11-5-2-4-10(16)8-11)15(19)12-6-3-7-13(17)14(12)18/h2-9,15,19H,1H3. The molecule has 0 aliphatic rings. The van der Waals surface area contributed by atoms with Gasteiger partial charge in [-0.2, -0.15) is 0 Å². The number of halogens is 3. The molecule has 0 aromatic heterocycles. The Labute approximate surface area is 132 Å². The quantitative estimate of drug-likeness (QED) is 0.839. The lowest BCUT2D eigenvalue weighted by molar-refractivity contribution is 0.0468. The summed E-state index contributed by atoms with van der Waals surface area (Å²) >= 11 is 17.9. The lowest BCUT2D eigenvalue weighted by Gasteiger charge is -2.22. The minimum atomic E-state index is -0.889. The first kappa shape index (κ1) is 15.5. The van der Waals surface area contributed by atoms with E-state index in [9.17, 15) is 5.11 Å². The van der Waals surface area contributed by atoms with Crippen molar-refractivity contribution in [3.63, 3.8) is 0 Å². The van der Waals surface area contributed by atoms with Crippen molar-refractivity contribution in [3.8, 4) is 5.75 Å². The van der Waals surface area contributed by atoms with E-state index < -0.39 is 12.2 Å². The largest absolute Gasteiger partial charge is 0.488 e. The van der Waals surface area contributed by atoms with Gasteiger partial charge in [0.25, 0.3) is 0 Å². The van der Waals surface area contributed by atoms with Crippen LogP contribution in [0.4, 0.5) is 0 Å². The van der Waals surface area contributed by atoms with E-state index in [1.165, 1.54) is 0 Å². The highest BCUT2D eigenvalue weighted by Crippen LogP contribution is 2.32. The van der Waals surface area contributed by atoms with E-state index in [0.29, 0.717) is 26.4 Å². The van der Waals surface area contributed by atoms with Crippen LogP contribution in [-0.2, 0) is 0 Å². The first-order valence-corrected chi connectivity index (χ1v) is 7.16. The first-order chi connectivity index (χ1) is 9.49. The van der Waals surface area contributed by atoms with Crippen LogP contribution in [0.1, 0.15) is 18.6 Å². The molecule has 0 bridgehead atoms. The van der Waals surface area contributed by atoms with Crippen LogP contribution in [0.5, 0.6) is 5.75 Å². The molecule has 0 aliphatic heterocycles. The fraction of sp³-hybridized carbons (Fsp3) is 0.200. The molecule has 0 fully saturated rings. The summed E-state index contributed by atoms with van der Waals surface area (Å²) in [5.74, 6) is 0.585. The van der Waals surface area contributed by atoms with Crippen molar-refractivity contribution in [2.24, 2.45) is 0 Å². The normalized spacial score (nSPS) is 13.8. The predicted octanol–water partition coefficient (Wildman–Crippen LogP) is 5.15. The van der Waals surface area contributed by atoms with Gasteiger partial charge in [0.15, 0.2) is 0 Å². The number of benzene rings is 2. The van der Waals surface area contributed by atoms with Gasteiger partial charge in [-0.25, -0.2) is 0 Å². The molecule has 0 amide bonds. The van der Waals surface area contributed by atoms with Gasteiger partial charge in [-0.1, -0.05) is 53.0 Å². The maximum atomic E-state index is 10.3. The lowest BCUT2D eigenvalue weighted by atomic mass is 10.1. The zero-order chi connectivity index (χ0) is 14.7. The zero-order valence-corrected chi connectivity index (χ0v) is 13.0. The molecule has 0 heterocycles. The van der Waals surface area contributed by atoms with E-state index in [1.807, 2.05) is 0 Å². The lowest BCUT2D eigenvalue weighted by Crippen LogP contribution is -2.22. The van der Waals surface area contributed by atoms with Crippen LogP contribution in [0.15, 0.2) is 42.5 Å². The van der Waals surface area contributed by atoms with Crippen molar-refractivity contribution < 1.29 is 9.84 Å². The van der Waals surface area contributed by atoms with Gasteiger partial charge in [-0.15, -0.1) is 0 Å². The molecule has 5 heteroatoms. The highest BCUT2D eigenvalue weighted by Gasteiger charge is 2.21. The Morgan fingerprint density at radius 3 is 2.45 bits per heavy atom. The molecular formula is C15H13Cl3O2. The Morgan fingerprint density at radius 2 is 1.75 bits per heavy atom. The monoisotopic (exact) mass is 330 g/mol. The second-order valence-corrected chi connectivity index (χ2v) is 5.59. The van der Waals surface area contributed by atoms with E-state index in [1.54, 1.807) is 49.4 Å². The minimum absolute atomic E-state index is 0.336. The smallest absolute Gasteiger partial charge is 0.126 e. The second kappa shape index (κ2) is 6.68. The SMILES string of the molecule is CC(Oc1cccc(Cl)c1)C(O)c1cccc(Cl)c1Cl. The van der Waals surface area contributed by atoms with E-state index in [2.05, 4.69) is 0 Å². The molecule has 2 rings (SSSR count). The summed E-state index contributed by atoms with van der Waals surface area (Å²) in [5.41, 5.74) is 0.536. The van der Waals surface area contributed by atoms with E-state index in [4.69, 9.17) is 39.5 Å². The molecule has 2 unspecified atom stereocenters. The van der Waals surface area contributed by atoms with E-state index in [0.717, 1.165) is 0 Å². The third-order valence-corrected chi connectivity index (χ3v) is 3.93. The number of aliphatic hydroxyl groups is 1. The number of aliphatic hydroxyl groups excluding tert-OH is 1. The highest BCUT2D eigenvalue weighted by molar-refractivity contribution is 6.42. The Kier molecular flexibility index (Phi) is 5.17. The van der Waals surface area contributed by atoms with Crippen LogP contribution in [0, 0.1) is 0 Å². The summed E-state index contributed by atoms with van der Waals surface area (Å²) in [6.45, 7) is 1.75. The molecule has 2 aromatic rings. The third kappa shape index (κ3) is 3.58. The number of ether oxygens (including phenoxy) is 1. The Bertz CT molecular complexity index is 601. The van der Waals surface area contributed by atoms with Crippen LogP contribution in [0.2, 0.25) is 15.1 Å². The Morgan fingerprint density at radius 1 is 1.05 bits per heavy atom. The molecule has 2 nitrogen and oxygen atoms in total. The van der Waals surface area contributed by atoms with Crippen LogP contribution in [0.25, 0.3) is 0 Å². The van der Waals surface area contributed by atoms with Crippen molar-refractivity contribution >= 4 is 34.8 Å². The average Bonchev–Trinajstić information content (AvgIpc) is 2.41. The molecule has 0 spiro atoms. The van der Waals surface area contributed by atoms with Crippen molar-refractivity contribution in [1.29, 1.82) is 0 Å². The van der Waals surface area contributed by atoms with Crippen molar-refractivity contribution in [3.05, 3.63) is 63.1 Å². The Hall–Kier alpha value is -0.930. The van der Waals surface area contributed by atoms with Crippen molar-refractivity contribution in [2.75, 3.05) is 0 Å². The minimum Gasteiger partial charge on any atom is -0.488 e. The first-order valence-electron chi connectivity index (χ1n) is 6.03. The topological polar surface area (TPSA) is 29.5 Å². The molecule has 2 atom stereocenters. The fourth-order valence-corrected chi connectivity index (χ4v) is 2.42. The van der Waals surface area contributed by atoms with Gasteiger partial charge < -0.3 is 9.84 Å². The summed E-state index contributed by atoms with van der Waals surface area (Å²) in [5, 5.41) is 11.6. The summed E-state index contributed by atoms with van der Waals surface area (Å²) in [4.78, 5) is 0. The number of hydrogen-bond donors (Lipinski definition) is 1. The van der Waals surface area contributed by atoms with Crippen LogP contribution in [-0.4, -0.2) is 11.2 Å². The van der Waals surface area contributed by atoms with Gasteiger partial charge in [0.2, 0.25) is 0 Å². The average molecular weight is 332 g/mol. The summed E-state index contributed by atoms with van der Waals surface area (Å²) < 4.78 is 5.67. The van der Waals surface area contributed by atoms with E-state index in [-0.39, 0.29) is 0 Å². The summed E-state index contributed by atoms with van der Waals surface area (Å²) in [6.07, 6.45) is -1.38. The molecular weight excluding hydrogens is 319 g/mol.